The summed E-state index contributed by atoms with van der Waals surface area (Å²) in [6, 6.07) is 0. The van der Waals surface area contributed by atoms with Crippen LogP contribution in [0.4, 0.5) is 92.6 Å². The molecule has 10 nitrogen and oxygen atoms in total. The maximum absolute atomic E-state index is 11.7. The molecule has 0 fully saturated rings. The van der Waals surface area contributed by atoms with E-state index in [0.29, 0.717) is 0 Å². The summed E-state index contributed by atoms with van der Waals surface area (Å²) in [5.41, 5.74) is 0. The predicted molar refractivity (Wildman–Crippen MR) is 106 cm³/mol. The van der Waals surface area contributed by atoms with E-state index in [0.717, 1.165) is 0 Å². The maximum atomic E-state index is 11.7. The zero-order chi connectivity index (χ0) is 40.8. The lowest BCUT2D eigenvalue weighted by Crippen LogP contribution is -2.33. The van der Waals surface area contributed by atoms with E-state index in [-0.39, 0.29) is 12.9 Å². The number of hydrogen-bond donors (Lipinski definition) is 3. The Morgan fingerprint density at radius 3 is 0.688 bits per heavy atom. The van der Waals surface area contributed by atoms with E-state index < -0.39 is 94.1 Å². The van der Waals surface area contributed by atoms with Crippen molar-refractivity contribution in [1.82, 2.24) is 0 Å². The van der Waals surface area contributed by atoms with Crippen LogP contribution in [0.1, 0.15) is 12.8 Å². The number of ether oxygens (including phenoxy) is 2. The summed E-state index contributed by atoms with van der Waals surface area (Å²) in [5, 5.41) is 22.5. The molecule has 292 valence electrons. The Labute approximate surface area is 249 Å². The summed E-state index contributed by atoms with van der Waals surface area (Å²) in [5.74, 6) is -20.8. The highest BCUT2D eigenvalue weighted by Gasteiger charge is 2.49. The smallest absolute Gasteiger partial charge is 0.397 e. The van der Waals surface area contributed by atoms with Crippen LogP contribution in [0.25, 0.3) is 0 Å². The van der Waals surface area contributed by atoms with Crippen LogP contribution >= 0.6 is 0 Å². The summed E-state index contributed by atoms with van der Waals surface area (Å²) in [6.45, 7) is -6.24. The molecule has 0 saturated carbocycles. The molecule has 0 rings (SSSR count). The Bertz CT molecular complexity index is 796. The van der Waals surface area contributed by atoms with Crippen LogP contribution in [0, 0.1) is 0 Å². The monoisotopic (exact) mass is 780 g/mol. The molecule has 0 aromatic carbocycles. The average molecular weight is 780 g/mol. The highest BCUT2D eigenvalue weighted by Crippen LogP contribution is 2.32. The van der Waals surface area contributed by atoms with Crippen molar-refractivity contribution in [3.63, 3.8) is 0 Å². The molecule has 31 heteroatoms. The Morgan fingerprint density at radius 2 is 0.667 bits per heavy atom. The zero-order valence-corrected chi connectivity index (χ0v) is 22.0. The first kappa shape index (κ1) is 59.3. The second-order valence-corrected chi connectivity index (χ2v) is 6.24. The fourth-order valence-electron chi connectivity index (χ4n) is 0.720. The van der Waals surface area contributed by atoms with E-state index in [1.54, 1.807) is 0 Å². The van der Waals surface area contributed by atoms with Crippen LogP contribution in [-0.2, 0) is 33.4 Å². The number of carboxylic acid groups (broad SMARTS) is 3. The molecule has 0 heterocycles. The molecule has 0 saturated heterocycles. The van der Waals surface area contributed by atoms with Gasteiger partial charge in [-0.3, -0.25) is 9.59 Å². The number of hydrogen-bond acceptors (Lipinski definition) is 7. The van der Waals surface area contributed by atoms with E-state index in [2.05, 4.69) is 9.47 Å². The van der Waals surface area contributed by atoms with Gasteiger partial charge in [-0.05, 0) is 0 Å². The van der Waals surface area contributed by atoms with Gasteiger partial charge >= 0.3 is 54.2 Å². The van der Waals surface area contributed by atoms with Crippen molar-refractivity contribution in [2.75, 3.05) is 27.1 Å². The van der Waals surface area contributed by atoms with Crippen molar-refractivity contribution >= 4 is 30.9 Å². The molecule has 0 amide bonds. The van der Waals surface area contributed by atoms with E-state index in [1.807, 2.05) is 0 Å². The Kier molecular flexibility index (Phi) is 35.9. The summed E-state index contributed by atoms with van der Waals surface area (Å²) < 4.78 is 233. The van der Waals surface area contributed by atoms with Crippen LogP contribution < -0.4 is 0 Å². The molecular weight excluding hydrogens is 763 g/mol. The van der Waals surface area contributed by atoms with Crippen LogP contribution in [0.3, 0.4) is 0 Å². The number of alkyl halides is 19. The standard InChI is InChI=1S/C4H3F5O2.C3H2F6.2C3H3F3O2.2C2H3FO2.F2/c5-3(6,2(10)11)1-4(7,8)9;4-2(5,6)1-3(7,8)9;2*4-1-3(5,6)2(7)8;2*3-1-5-2-4;1-2/h1H2,(H,10,11);1H2;2*1H2,(H,7,8);2*2H,1H2;. The van der Waals surface area contributed by atoms with Gasteiger partial charge in [0.15, 0.2) is 13.3 Å². The second kappa shape index (κ2) is 29.1. The van der Waals surface area contributed by atoms with Gasteiger partial charge in [0.05, 0.1) is 0 Å². The molecule has 0 aliphatic carbocycles. The van der Waals surface area contributed by atoms with Crippen molar-refractivity contribution in [2.45, 2.75) is 49.1 Å². The summed E-state index contributed by atoms with van der Waals surface area (Å²) in [6.07, 6.45) is -20.8. The van der Waals surface area contributed by atoms with Gasteiger partial charge in [-0.2, -0.15) is 65.9 Å². The van der Waals surface area contributed by atoms with Gasteiger partial charge in [0.1, 0.15) is 12.8 Å². The first-order valence-corrected chi connectivity index (χ1v) is 9.72. The molecule has 0 atom stereocenters. The Hall–Kier alpha value is -4.12. The normalized spacial score (nSPS) is 10.9. The molecule has 3 N–H and O–H groups in total. The molecule has 0 bridgehead atoms. The van der Waals surface area contributed by atoms with Gasteiger partial charge in [-0.25, -0.2) is 31.9 Å². The molecule has 48 heavy (non-hydrogen) atoms. The first-order valence-electron chi connectivity index (χ1n) is 9.72. The van der Waals surface area contributed by atoms with Crippen LogP contribution in [0.15, 0.2) is 0 Å². The average Bonchev–Trinajstić information content (AvgIpc) is 2.89. The topological polar surface area (TPSA) is 164 Å². The highest BCUT2D eigenvalue weighted by molar-refractivity contribution is 5.76. The van der Waals surface area contributed by atoms with Gasteiger partial charge in [0.25, 0.3) is 12.9 Å². The van der Waals surface area contributed by atoms with Crippen molar-refractivity contribution < 1.29 is 141 Å². The number of carbonyl (C=O) groups is 5. The fourth-order valence-corrected chi connectivity index (χ4v) is 0.720. The summed E-state index contributed by atoms with van der Waals surface area (Å²) >= 11 is 0. The van der Waals surface area contributed by atoms with Crippen LogP contribution in [0.2, 0.25) is 0 Å². The van der Waals surface area contributed by atoms with Crippen molar-refractivity contribution in [2.24, 2.45) is 0 Å². The minimum absolute atomic E-state index is 0.0556. The first-order chi connectivity index (χ1) is 21.2. The summed E-state index contributed by atoms with van der Waals surface area (Å²) in [4.78, 5) is 45.9. The number of carbonyl (C=O) groups excluding carboxylic acids is 2. The van der Waals surface area contributed by atoms with Gasteiger partial charge in [0.2, 0.25) is 13.7 Å². The van der Waals surface area contributed by atoms with Gasteiger partial charge in [0, 0.05) is 9.15 Å². The van der Waals surface area contributed by atoms with Crippen molar-refractivity contribution in [1.29, 1.82) is 0 Å². The van der Waals surface area contributed by atoms with Gasteiger partial charge < -0.3 is 24.8 Å². The molecule has 0 aromatic heterocycles. The number of carboxylic acids is 3. The Balaban J connectivity index is -0.0000000847. The van der Waals surface area contributed by atoms with E-state index >= 15 is 0 Å². The van der Waals surface area contributed by atoms with E-state index in [9.17, 15) is 97.8 Å². The molecule has 0 radical (unpaired) electrons. The van der Waals surface area contributed by atoms with E-state index in [1.165, 1.54) is 0 Å². The lowest BCUT2D eigenvalue weighted by Gasteiger charge is -2.12. The Morgan fingerprint density at radius 1 is 0.458 bits per heavy atom. The van der Waals surface area contributed by atoms with E-state index in [4.69, 9.17) is 34.1 Å². The van der Waals surface area contributed by atoms with Crippen LogP contribution in [0.5, 0.6) is 0 Å². The summed E-state index contributed by atoms with van der Waals surface area (Å²) in [7, 11) is 0. The molecular formula is C17H17F21O10. The second-order valence-electron chi connectivity index (χ2n) is 6.24. The van der Waals surface area contributed by atoms with Crippen LogP contribution in [-0.4, -0.2) is 110 Å². The third kappa shape index (κ3) is 54.4. The van der Waals surface area contributed by atoms with Crippen molar-refractivity contribution in [3.8, 4) is 0 Å². The highest BCUT2D eigenvalue weighted by atomic mass is 20.0. The SMILES string of the molecule is FC(F)(F)CC(F)(F)F.FF.O=C(O)C(F)(F)CC(F)(F)F.O=C(O)C(F)(F)CF.O=C(O)C(F)(F)CF.O=COCF.O=COCF. The molecule has 0 aliphatic heterocycles. The number of halogens is 21. The fraction of sp³-hybridized carbons (Fsp3) is 0.706. The minimum Gasteiger partial charge on any atom is -0.477 e. The quantitative estimate of drug-likeness (QED) is 0.164. The van der Waals surface area contributed by atoms with Gasteiger partial charge in [-0.15, -0.1) is 0 Å². The third-order valence-electron chi connectivity index (χ3n) is 2.36. The van der Waals surface area contributed by atoms with Crippen molar-refractivity contribution in [3.05, 3.63) is 0 Å². The number of rotatable bonds is 10. The predicted octanol–water partition coefficient (Wildman–Crippen LogP) is 6.52. The lowest BCUT2D eigenvalue weighted by molar-refractivity contribution is -0.232. The molecule has 0 spiro atoms. The number of aliphatic carboxylic acids is 3. The lowest BCUT2D eigenvalue weighted by atomic mass is 10.2. The third-order valence-corrected chi connectivity index (χ3v) is 2.36. The maximum Gasteiger partial charge on any atom is 0.397 e. The minimum atomic E-state index is -5.16. The zero-order valence-electron chi connectivity index (χ0n) is 22.0. The molecule has 0 aliphatic rings. The largest absolute Gasteiger partial charge is 0.477 e. The molecule has 0 unspecified atom stereocenters. The van der Waals surface area contributed by atoms with Gasteiger partial charge in [-0.1, -0.05) is 0 Å². The molecule has 0 aromatic rings.